The number of carbonyl (C=O) groups excluding carboxylic acids is 2. The van der Waals surface area contributed by atoms with Gasteiger partial charge < -0.3 is 9.47 Å². The lowest BCUT2D eigenvalue weighted by Crippen LogP contribution is -2.27. The highest BCUT2D eigenvalue weighted by Gasteiger charge is 2.36. The molecule has 0 N–H and O–H groups in total. The van der Waals surface area contributed by atoms with E-state index in [1.54, 1.807) is 49.6 Å². The van der Waals surface area contributed by atoms with Crippen LogP contribution in [0.2, 0.25) is 5.02 Å². The molecule has 0 aliphatic carbocycles. The second-order valence-electron chi connectivity index (χ2n) is 6.79. The van der Waals surface area contributed by atoms with Crippen molar-refractivity contribution in [1.82, 2.24) is 0 Å². The Morgan fingerprint density at radius 2 is 1.75 bits per heavy atom. The molecule has 8 heteroatoms. The fraction of sp³-hybridized carbons (Fsp3) is 0.0833. The van der Waals surface area contributed by atoms with Gasteiger partial charge in [-0.15, -0.1) is 0 Å². The van der Waals surface area contributed by atoms with Crippen LogP contribution in [0.3, 0.4) is 0 Å². The molecule has 1 fully saturated rings. The molecule has 5 nitrogen and oxygen atoms in total. The van der Waals surface area contributed by atoms with E-state index in [2.05, 4.69) is 15.9 Å². The van der Waals surface area contributed by atoms with Crippen LogP contribution < -0.4 is 14.4 Å². The first kappa shape index (κ1) is 22.5. The standard InChI is InChI=1S/C24H17BrClNO4S/c1-30-20-11-16(19(25)13-21(20)31-14-15-5-3-2-4-6-15)12-22-23(28)27(24(29)32-22)18-9-7-17(26)8-10-18/h2-13H,14H2,1H3/b22-12+. The molecule has 3 aromatic rings. The second kappa shape index (κ2) is 9.81. The third-order valence-corrected chi connectivity index (χ3v) is 6.49. The number of thioether (sulfide) groups is 1. The fourth-order valence-electron chi connectivity index (χ4n) is 3.09. The van der Waals surface area contributed by atoms with E-state index >= 15 is 0 Å². The molecule has 0 saturated carbocycles. The summed E-state index contributed by atoms with van der Waals surface area (Å²) in [7, 11) is 1.55. The summed E-state index contributed by atoms with van der Waals surface area (Å²) in [5, 5.41) is 0.163. The van der Waals surface area contributed by atoms with Crippen LogP contribution in [-0.4, -0.2) is 18.3 Å². The minimum atomic E-state index is -0.391. The third-order valence-electron chi connectivity index (χ3n) is 4.69. The maximum absolute atomic E-state index is 12.9. The zero-order chi connectivity index (χ0) is 22.7. The van der Waals surface area contributed by atoms with Gasteiger partial charge in [-0.2, -0.15) is 0 Å². The predicted molar refractivity (Wildman–Crippen MR) is 131 cm³/mol. The van der Waals surface area contributed by atoms with Gasteiger partial charge >= 0.3 is 0 Å². The van der Waals surface area contributed by atoms with E-state index in [4.69, 9.17) is 21.1 Å². The molecule has 0 spiro atoms. The summed E-state index contributed by atoms with van der Waals surface area (Å²) in [5.74, 6) is 0.694. The van der Waals surface area contributed by atoms with Crippen molar-refractivity contribution in [2.45, 2.75) is 6.61 Å². The van der Waals surface area contributed by atoms with Crippen LogP contribution in [0.25, 0.3) is 6.08 Å². The summed E-state index contributed by atoms with van der Waals surface area (Å²) >= 11 is 10.3. The average Bonchev–Trinajstić information content (AvgIpc) is 3.08. The Morgan fingerprint density at radius 3 is 2.44 bits per heavy atom. The van der Waals surface area contributed by atoms with Gasteiger partial charge in [-0.05, 0) is 65.4 Å². The molecule has 1 aliphatic rings. The van der Waals surface area contributed by atoms with Gasteiger partial charge in [0.15, 0.2) is 11.5 Å². The van der Waals surface area contributed by atoms with Gasteiger partial charge in [0, 0.05) is 9.50 Å². The Labute approximate surface area is 203 Å². The minimum Gasteiger partial charge on any atom is -0.493 e. The molecule has 1 heterocycles. The summed E-state index contributed by atoms with van der Waals surface area (Å²) < 4.78 is 12.1. The largest absolute Gasteiger partial charge is 0.493 e. The van der Waals surface area contributed by atoms with Crippen molar-refractivity contribution in [2.75, 3.05) is 12.0 Å². The van der Waals surface area contributed by atoms with E-state index < -0.39 is 5.91 Å². The number of nitrogens with zero attached hydrogens (tertiary/aromatic N) is 1. The van der Waals surface area contributed by atoms with Crippen LogP contribution in [0, 0.1) is 0 Å². The third kappa shape index (κ3) is 4.85. The lowest BCUT2D eigenvalue weighted by Gasteiger charge is -2.13. The molecule has 162 valence electrons. The highest BCUT2D eigenvalue weighted by Crippen LogP contribution is 2.39. The van der Waals surface area contributed by atoms with Crippen LogP contribution in [-0.2, 0) is 11.4 Å². The molecule has 32 heavy (non-hydrogen) atoms. The normalized spacial score (nSPS) is 14.8. The van der Waals surface area contributed by atoms with Gasteiger partial charge in [-0.1, -0.05) is 57.9 Å². The van der Waals surface area contributed by atoms with Gasteiger partial charge in [0.1, 0.15) is 6.61 Å². The number of methoxy groups -OCH3 is 1. The molecule has 4 rings (SSSR count). The van der Waals surface area contributed by atoms with Crippen LogP contribution >= 0.6 is 39.3 Å². The van der Waals surface area contributed by atoms with E-state index in [1.807, 2.05) is 30.3 Å². The molecule has 0 bridgehead atoms. The van der Waals surface area contributed by atoms with E-state index in [9.17, 15) is 9.59 Å². The van der Waals surface area contributed by atoms with Crippen molar-refractivity contribution in [1.29, 1.82) is 0 Å². The molecule has 0 aromatic heterocycles. The first-order valence-electron chi connectivity index (χ1n) is 9.54. The van der Waals surface area contributed by atoms with Crippen LogP contribution in [0.4, 0.5) is 10.5 Å². The number of amides is 2. The smallest absolute Gasteiger partial charge is 0.298 e. The Morgan fingerprint density at radius 1 is 1.03 bits per heavy atom. The number of benzene rings is 3. The van der Waals surface area contributed by atoms with Crippen molar-refractivity contribution in [2.24, 2.45) is 0 Å². The Balaban J connectivity index is 1.58. The van der Waals surface area contributed by atoms with Crippen molar-refractivity contribution >= 4 is 62.2 Å². The Kier molecular flexibility index (Phi) is 6.89. The Hall–Kier alpha value is -2.74. The van der Waals surface area contributed by atoms with Crippen molar-refractivity contribution in [3.8, 4) is 11.5 Å². The second-order valence-corrected chi connectivity index (χ2v) is 9.08. The number of rotatable bonds is 6. The zero-order valence-electron chi connectivity index (χ0n) is 16.9. The number of anilines is 1. The van der Waals surface area contributed by atoms with Crippen molar-refractivity contribution in [3.63, 3.8) is 0 Å². The molecule has 3 aromatic carbocycles. The van der Waals surface area contributed by atoms with E-state index in [0.29, 0.717) is 43.8 Å². The maximum atomic E-state index is 12.9. The highest BCUT2D eigenvalue weighted by molar-refractivity contribution is 9.10. The zero-order valence-corrected chi connectivity index (χ0v) is 20.0. The molecule has 0 radical (unpaired) electrons. The summed E-state index contributed by atoms with van der Waals surface area (Å²) in [4.78, 5) is 26.8. The van der Waals surface area contributed by atoms with E-state index in [1.165, 1.54) is 0 Å². The fourth-order valence-corrected chi connectivity index (χ4v) is 4.49. The SMILES string of the molecule is COc1cc(/C=C2/SC(=O)N(c3ccc(Cl)cc3)C2=O)c(Br)cc1OCc1ccccc1. The Bertz CT molecular complexity index is 1200. The number of ether oxygens (including phenoxy) is 2. The molecule has 0 unspecified atom stereocenters. The lowest BCUT2D eigenvalue weighted by atomic mass is 10.1. The average molecular weight is 531 g/mol. The van der Waals surface area contributed by atoms with Gasteiger partial charge in [0.2, 0.25) is 0 Å². The van der Waals surface area contributed by atoms with Crippen LogP contribution in [0.1, 0.15) is 11.1 Å². The molecule has 0 atom stereocenters. The molecular formula is C24H17BrClNO4S. The first-order chi connectivity index (χ1) is 15.5. The molecular weight excluding hydrogens is 514 g/mol. The lowest BCUT2D eigenvalue weighted by molar-refractivity contribution is -0.113. The van der Waals surface area contributed by atoms with Gasteiger partial charge in [0.25, 0.3) is 11.1 Å². The van der Waals surface area contributed by atoms with Crippen LogP contribution in [0.5, 0.6) is 11.5 Å². The summed E-state index contributed by atoms with van der Waals surface area (Å²) in [6, 6.07) is 19.9. The van der Waals surface area contributed by atoms with Gasteiger partial charge in [-0.25, -0.2) is 4.90 Å². The molecule has 1 saturated heterocycles. The monoisotopic (exact) mass is 529 g/mol. The van der Waals surface area contributed by atoms with E-state index in [0.717, 1.165) is 22.2 Å². The topological polar surface area (TPSA) is 55.8 Å². The summed E-state index contributed by atoms with van der Waals surface area (Å²) in [5.41, 5.74) is 2.20. The van der Waals surface area contributed by atoms with Gasteiger partial charge in [-0.3, -0.25) is 9.59 Å². The maximum Gasteiger partial charge on any atom is 0.298 e. The number of halogens is 2. The highest BCUT2D eigenvalue weighted by atomic mass is 79.9. The van der Waals surface area contributed by atoms with Crippen molar-refractivity contribution in [3.05, 3.63) is 92.3 Å². The molecule has 1 aliphatic heterocycles. The minimum absolute atomic E-state index is 0.311. The number of imide groups is 1. The molecule has 2 amide bonds. The quantitative estimate of drug-likeness (QED) is 0.323. The number of carbonyl (C=O) groups is 2. The number of hydrogen-bond donors (Lipinski definition) is 0. The van der Waals surface area contributed by atoms with Gasteiger partial charge in [0.05, 0.1) is 17.7 Å². The van der Waals surface area contributed by atoms with E-state index in [-0.39, 0.29) is 5.24 Å². The number of hydrogen-bond acceptors (Lipinski definition) is 5. The first-order valence-corrected chi connectivity index (χ1v) is 11.5. The van der Waals surface area contributed by atoms with Crippen LogP contribution in [0.15, 0.2) is 76.1 Å². The summed E-state index contributed by atoms with van der Waals surface area (Å²) in [6.07, 6.45) is 1.66. The van der Waals surface area contributed by atoms with Crippen molar-refractivity contribution < 1.29 is 19.1 Å². The predicted octanol–water partition coefficient (Wildman–Crippen LogP) is 6.93. The summed E-state index contributed by atoms with van der Waals surface area (Å²) in [6.45, 7) is 0.392.